The number of carbonyl (C=O) groups excluding carboxylic acids is 2. The van der Waals surface area contributed by atoms with Gasteiger partial charge in [-0.1, -0.05) is 72.8 Å². The Morgan fingerprint density at radius 2 is 1.46 bits per heavy atom. The third-order valence-corrected chi connectivity index (χ3v) is 4.25. The van der Waals surface area contributed by atoms with Crippen molar-refractivity contribution in [2.75, 3.05) is 12.4 Å². The van der Waals surface area contributed by atoms with Crippen molar-refractivity contribution in [1.29, 1.82) is 0 Å². The zero-order chi connectivity index (χ0) is 19.8. The monoisotopic (exact) mass is 370 g/mol. The van der Waals surface area contributed by atoms with Gasteiger partial charge < -0.3 is 10.2 Å². The Bertz CT molecular complexity index is 966. The molecule has 0 unspecified atom stereocenters. The van der Waals surface area contributed by atoms with Gasteiger partial charge in [-0.25, -0.2) is 0 Å². The van der Waals surface area contributed by atoms with Gasteiger partial charge in [0.2, 0.25) is 5.91 Å². The summed E-state index contributed by atoms with van der Waals surface area (Å²) >= 11 is 0. The molecule has 3 aromatic carbocycles. The summed E-state index contributed by atoms with van der Waals surface area (Å²) in [7, 11) is 1.75. The molecule has 3 aromatic rings. The number of hydrogen-bond acceptors (Lipinski definition) is 2. The van der Waals surface area contributed by atoms with Gasteiger partial charge >= 0.3 is 0 Å². The Morgan fingerprint density at radius 3 is 2.18 bits per heavy atom. The third-order valence-electron chi connectivity index (χ3n) is 4.25. The molecule has 0 aliphatic heterocycles. The summed E-state index contributed by atoms with van der Waals surface area (Å²) in [4.78, 5) is 26.8. The lowest BCUT2D eigenvalue weighted by molar-refractivity contribution is -0.111. The molecule has 28 heavy (non-hydrogen) atoms. The minimum absolute atomic E-state index is 0.146. The normalized spacial score (nSPS) is 10.6. The van der Waals surface area contributed by atoms with Crippen molar-refractivity contribution in [3.8, 4) is 0 Å². The van der Waals surface area contributed by atoms with E-state index in [9.17, 15) is 9.59 Å². The van der Waals surface area contributed by atoms with E-state index in [-0.39, 0.29) is 11.8 Å². The summed E-state index contributed by atoms with van der Waals surface area (Å²) in [6.45, 7) is 0.496. The van der Waals surface area contributed by atoms with Crippen molar-refractivity contribution in [2.24, 2.45) is 0 Å². The molecule has 0 fully saturated rings. The average molecular weight is 370 g/mol. The fraction of sp³-hybridized carbons (Fsp3) is 0.0833. The zero-order valence-electron chi connectivity index (χ0n) is 15.7. The summed E-state index contributed by atoms with van der Waals surface area (Å²) in [6, 6.07) is 26.4. The molecule has 0 heterocycles. The van der Waals surface area contributed by atoms with Crippen LogP contribution in [-0.4, -0.2) is 23.8 Å². The van der Waals surface area contributed by atoms with E-state index < -0.39 is 0 Å². The van der Waals surface area contributed by atoms with Gasteiger partial charge in [-0.15, -0.1) is 0 Å². The molecule has 0 aromatic heterocycles. The van der Waals surface area contributed by atoms with E-state index >= 15 is 0 Å². The van der Waals surface area contributed by atoms with Gasteiger partial charge in [0.25, 0.3) is 5.91 Å². The second kappa shape index (κ2) is 9.33. The highest BCUT2D eigenvalue weighted by molar-refractivity contribution is 6.07. The summed E-state index contributed by atoms with van der Waals surface area (Å²) in [5.41, 5.74) is 2.94. The maximum atomic E-state index is 12.9. The standard InChI is InChI=1S/C24H22N2O2/c1-26(18-20-12-6-3-7-13-20)24(28)21-14-8-9-15-22(21)25-23(27)17-16-19-10-4-2-5-11-19/h2-17H,18H2,1H3,(H,25,27). The van der Waals surface area contributed by atoms with Crippen molar-refractivity contribution < 1.29 is 9.59 Å². The Balaban J connectivity index is 1.70. The molecule has 3 rings (SSSR count). The highest BCUT2D eigenvalue weighted by Gasteiger charge is 2.16. The molecular formula is C24H22N2O2. The van der Waals surface area contributed by atoms with Crippen LogP contribution in [-0.2, 0) is 11.3 Å². The van der Waals surface area contributed by atoms with E-state index in [0.29, 0.717) is 17.8 Å². The number of anilines is 1. The Kier molecular flexibility index (Phi) is 6.37. The zero-order valence-corrected chi connectivity index (χ0v) is 15.7. The molecule has 0 saturated heterocycles. The highest BCUT2D eigenvalue weighted by Crippen LogP contribution is 2.18. The summed E-state index contributed by atoms with van der Waals surface area (Å²) in [6.07, 6.45) is 3.20. The largest absolute Gasteiger partial charge is 0.337 e. The molecule has 140 valence electrons. The van der Waals surface area contributed by atoms with E-state index in [1.54, 1.807) is 42.3 Å². The van der Waals surface area contributed by atoms with Crippen molar-refractivity contribution in [1.82, 2.24) is 4.90 Å². The minimum atomic E-state index is -0.283. The smallest absolute Gasteiger partial charge is 0.256 e. The van der Waals surface area contributed by atoms with Gasteiger partial charge in [0.1, 0.15) is 0 Å². The van der Waals surface area contributed by atoms with E-state index in [1.165, 1.54) is 6.08 Å². The number of benzene rings is 3. The van der Waals surface area contributed by atoms with Crippen LogP contribution in [0.4, 0.5) is 5.69 Å². The lowest BCUT2D eigenvalue weighted by Crippen LogP contribution is -2.27. The molecule has 0 aliphatic rings. The molecule has 4 nitrogen and oxygen atoms in total. The van der Waals surface area contributed by atoms with Crippen LogP contribution >= 0.6 is 0 Å². The number of para-hydroxylation sites is 1. The maximum Gasteiger partial charge on any atom is 0.256 e. The van der Waals surface area contributed by atoms with Crippen molar-refractivity contribution in [2.45, 2.75) is 6.54 Å². The molecular weight excluding hydrogens is 348 g/mol. The third kappa shape index (κ3) is 5.17. The fourth-order valence-electron chi connectivity index (χ4n) is 2.82. The lowest BCUT2D eigenvalue weighted by atomic mass is 10.1. The fourth-order valence-corrected chi connectivity index (χ4v) is 2.82. The number of rotatable bonds is 6. The quantitative estimate of drug-likeness (QED) is 0.644. The van der Waals surface area contributed by atoms with E-state index in [1.807, 2.05) is 60.7 Å². The van der Waals surface area contributed by atoms with Crippen LogP contribution in [0.25, 0.3) is 6.08 Å². The molecule has 4 heteroatoms. The van der Waals surface area contributed by atoms with Crippen molar-refractivity contribution in [3.63, 3.8) is 0 Å². The molecule has 0 saturated carbocycles. The van der Waals surface area contributed by atoms with Gasteiger partial charge in [0.05, 0.1) is 11.3 Å². The molecule has 1 N–H and O–H groups in total. The summed E-state index contributed by atoms with van der Waals surface area (Å²) in [5.74, 6) is -0.429. The van der Waals surface area contributed by atoms with Crippen molar-refractivity contribution >= 4 is 23.6 Å². The van der Waals surface area contributed by atoms with Crippen LogP contribution in [0.2, 0.25) is 0 Å². The second-order valence-corrected chi connectivity index (χ2v) is 6.43. The molecule has 0 atom stereocenters. The SMILES string of the molecule is CN(Cc1ccccc1)C(=O)c1ccccc1NC(=O)C=Cc1ccccc1. The summed E-state index contributed by atoms with van der Waals surface area (Å²) in [5, 5.41) is 2.81. The minimum Gasteiger partial charge on any atom is -0.337 e. The van der Waals surface area contributed by atoms with Crippen LogP contribution in [0.3, 0.4) is 0 Å². The molecule has 0 spiro atoms. The maximum absolute atomic E-state index is 12.9. The average Bonchev–Trinajstić information content (AvgIpc) is 2.73. The first-order valence-electron chi connectivity index (χ1n) is 9.06. The van der Waals surface area contributed by atoms with Gasteiger partial charge in [0.15, 0.2) is 0 Å². The van der Waals surface area contributed by atoms with Gasteiger partial charge in [-0.05, 0) is 29.3 Å². The number of hydrogen-bond donors (Lipinski definition) is 1. The molecule has 2 amide bonds. The Morgan fingerprint density at radius 1 is 0.857 bits per heavy atom. The predicted molar refractivity (Wildman–Crippen MR) is 113 cm³/mol. The highest BCUT2D eigenvalue weighted by atomic mass is 16.2. The number of nitrogens with zero attached hydrogens (tertiary/aromatic N) is 1. The predicted octanol–water partition coefficient (Wildman–Crippen LogP) is 4.61. The number of carbonyl (C=O) groups is 2. The van der Waals surface area contributed by atoms with Crippen molar-refractivity contribution in [3.05, 3.63) is 108 Å². The number of amides is 2. The lowest BCUT2D eigenvalue weighted by Gasteiger charge is -2.19. The summed E-state index contributed by atoms with van der Waals surface area (Å²) < 4.78 is 0. The van der Waals surface area contributed by atoms with Gasteiger partial charge in [0, 0.05) is 19.7 Å². The molecule has 0 bridgehead atoms. The van der Waals surface area contributed by atoms with Crippen LogP contribution < -0.4 is 5.32 Å². The first kappa shape index (κ1) is 19.1. The first-order chi connectivity index (χ1) is 13.6. The van der Waals surface area contributed by atoms with Gasteiger partial charge in [-0.3, -0.25) is 9.59 Å². The van der Waals surface area contributed by atoms with Crippen LogP contribution in [0.15, 0.2) is 91.0 Å². The van der Waals surface area contributed by atoms with E-state index in [4.69, 9.17) is 0 Å². The van der Waals surface area contributed by atoms with Crippen LogP contribution in [0.1, 0.15) is 21.5 Å². The first-order valence-corrected chi connectivity index (χ1v) is 9.06. The topological polar surface area (TPSA) is 49.4 Å². The van der Waals surface area contributed by atoms with E-state index in [0.717, 1.165) is 11.1 Å². The van der Waals surface area contributed by atoms with Crippen LogP contribution in [0, 0.1) is 0 Å². The van der Waals surface area contributed by atoms with E-state index in [2.05, 4.69) is 5.32 Å². The molecule has 0 radical (unpaired) electrons. The number of nitrogens with one attached hydrogen (secondary N) is 1. The Hall–Kier alpha value is -3.66. The molecule has 0 aliphatic carbocycles. The Labute approximate surface area is 165 Å². The van der Waals surface area contributed by atoms with Gasteiger partial charge in [-0.2, -0.15) is 0 Å². The van der Waals surface area contributed by atoms with Crippen LogP contribution in [0.5, 0.6) is 0 Å². The second-order valence-electron chi connectivity index (χ2n) is 6.43.